The maximum atomic E-state index is 12.7. The first-order valence-electron chi connectivity index (χ1n) is 8.03. The predicted molar refractivity (Wildman–Crippen MR) is 91.7 cm³/mol. The minimum absolute atomic E-state index is 0.121. The van der Waals surface area contributed by atoms with Crippen LogP contribution in [-0.4, -0.2) is 27.6 Å². The lowest BCUT2D eigenvalue weighted by Crippen LogP contribution is -2.33. The standard InChI is InChI=1S/C20H15NO4/c22-18-13-6-1-2-7-14(13)19(23)17(18)15(20(24)25)9-11-10-21-16-8-4-3-5-12(11)16/h1-8,10,15,17,21H,9H2,(H,24,25)/t15-/m1/s1. The summed E-state index contributed by atoms with van der Waals surface area (Å²) in [7, 11) is 0. The molecule has 2 N–H and O–H groups in total. The summed E-state index contributed by atoms with van der Waals surface area (Å²) in [5.74, 6) is -4.18. The Hall–Kier alpha value is -3.21. The van der Waals surface area contributed by atoms with Gasteiger partial charge in [-0.1, -0.05) is 42.5 Å². The molecule has 0 aliphatic heterocycles. The Morgan fingerprint density at radius 2 is 1.60 bits per heavy atom. The third kappa shape index (κ3) is 2.36. The normalized spacial score (nSPS) is 15.5. The van der Waals surface area contributed by atoms with Crippen molar-refractivity contribution in [1.82, 2.24) is 4.98 Å². The van der Waals surface area contributed by atoms with E-state index in [1.807, 2.05) is 24.3 Å². The fraction of sp³-hybridized carbons (Fsp3) is 0.150. The van der Waals surface area contributed by atoms with E-state index < -0.39 is 29.4 Å². The number of Topliss-reactive ketones (excluding diaryl/α,β-unsaturated/α-hetero) is 2. The Balaban J connectivity index is 1.73. The molecule has 1 heterocycles. The van der Waals surface area contributed by atoms with E-state index in [-0.39, 0.29) is 6.42 Å². The first-order valence-corrected chi connectivity index (χ1v) is 8.03. The number of ketones is 2. The van der Waals surface area contributed by atoms with Gasteiger partial charge in [0.1, 0.15) is 0 Å². The summed E-state index contributed by atoms with van der Waals surface area (Å²) in [6.45, 7) is 0. The number of aromatic amines is 1. The zero-order valence-electron chi connectivity index (χ0n) is 13.2. The van der Waals surface area contributed by atoms with Crippen molar-refractivity contribution < 1.29 is 19.5 Å². The molecule has 2 aromatic carbocycles. The van der Waals surface area contributed by atoms with Crippen molar-refractivity contribution in [2.75, 3.05) is 0 Å². The number of nitrogens with one attached hydrogen (secondary N) is 1. The monoisotopic (exact) mass is 333 g/mol. The van der Waals surface area contributed by atoms with Crippen LogP contribution in [-0.2, 0) is 11.2 Å². The average Bonchev–Trinajstić information content (AvgIpc) is 3.13. The number of carbonyl (C=O) groups is 3. The second-order valence-electron chi connectivity index (χ2n) is 6.26. The first-order chi connectivity index (χ1) is 12.1. The van der Waals surface area contributed by atoms with Gasteiger partial charge < -0.3 is 10.1 Å². The van der Waals surface area contributed by atoms with Crippen LogP contribution in [0.5, 0.6) is 0 Å². The second-order valence-corrected chi connectivity index (χ2v) is 6.26. The molecule has 1 aliphatic carbocycles. The molecule has 124 valence electrons. The molecule has 0 bridgehead atoms. The van der Waals surface area contributed by atoms with Crippen molar-refractivity contribution in [3.63, 3.8) is 0 Å². The van der Waals surface area contributed by atoms with Gasteiger partial charge in [-0.25, -0.2) is 0 Å². The van der Waals surface area contributed by atoms with Crippen LogP contribution >= 0.6 is 0 Å². The Bertz CT molecular complexity index is 982. The molecule has 1 atom stereocenters. The molecule has 3 aromatic rings. The number of aromatic nitrogens is 1. The molecule has 1 aromatic heterocycles. The molecule has 0 fully saturated rings. The Morgan fingerprint density at radius 1 is 1.00 bits per heavy atom. The van der Waals surface area contributed by atoms with Gasteiger partial charge in [0.2, 0.25) is 0 Å². The van der Waals surface area contributed by atoms with Gasteiger partial charge in [-0.2, -0.15) is 0 Å². The highest BCUT2D eigenvalue weighted by atomic mass is 16.4. The van der Waals surface area contributed by atoms with Crippen LogP contribution in [0.1, 0.15) is 26.3 Å². The number of aliphatic carboxylic acids is 1. The van der Waals surface area contributed by atoms with Gasteiger partial charge in [-0.15, -0.1) is 0 Å². The lowest BCUT2D eigenvalue weighted by Gasteiger charge is -2.16. The molecule has 5 nitrogen and oxygen atoms in total. The van der Waals surface area contributed by atoms with Gasteiger partial charge in [-0.05, 0) is 18.1 Å². The molecule has 0 spiro atoms. The number of fused-ring (bicyclic) bond motifs is 2. The van der Waals surface area contributed by atoms with Crippen molar-refractivity contribution >= 4 is 28.4 Å². The molecule has 5 heteroatoms. The third-order valence-corrected chi connectivity index (χ3v) is 4.86. The Labute approximate surface area is 143 Å². The highest BCUT2D eigenvalue weighted by Gasteiger charge is 2.46. The van der Waals surface area contributed by atoms with Crippen LogP contribution in [0.15, 0.2) is 54.7 Å². The molecule has 25 heavy (non-hydrogen) atoms. The fourth-order valence-corrected chi connectivity index (χ4v) is 3.62. The van der Waals surface area contributed by atoms with Gasteiger partial charge in [0, 0.05) is 28.2 Å². The zero-order chi connectivity index (χ0) is 17.6. The number of carboxylic acids is 1. The van der Waals surface area contributed by atoms with E-state index in [9.17, 15) is 19.5 Å². The maximum Gasteiger partial charge on any atom is 0.308 e. The lowest BCUT2D eigenvalue weighted by atomic mass is 9.83. The topological polar surface area (TPSA) is 87.2 Å². The number of hydrogen-bond donors (Lipinski definition) is 2. The van der Waals surface area contributed by atoms with Gasteiger partial charge in [0.15, 0.2) is 11.6 Å². The van der Waals surface area contributed by atoms with Crippen LogP contribution in [0.25, 0.3) is 10.9 Å². The van der Waals surface area contributed by atoms with Gasteiger partial charge in [-0.3, -0.25) is 14.4 Å². The van der Waals surface area contributed by atoms with Crippen molar-refractivity contribution in [2.45, 2.75) is 6.42 Å². The number of benzene rings is 2. The van der Waals surface area contributed by atoms with Crippen molar-refractivity contribution in [3.8, 4) is 0 Å². The van der Waals surface area contributed by atoms with E-state index in [1.54, 1.807) is 30.5 Å². The SMILES string of the molecule is O=C1c2ccccc2C(=O)C1[C@@H](Cc1c[nH]c2ccccc12)C(=O)O. The number of carbonyl (C=O) groups excluding carboxylic acids is 2. The van der Waals surface area contributed by atoms with E-state index in [4.69, 9.17) is 0 Å². The molecule has 0 saturated heterocycles. The average molecular weight is 333 g/mol. The maximum absolute atomic E-state index is 12.7. The molecule has 0 amide bonds. The van der Waals surface area contributed by atoms with Crippen molar-refractivity contribution in [1.29, 1.82) is 0 Å². The van der Waals surface area contributed by atoms with E-state index >= 15 is 0 Å². The predicted octanol–water partition coefficient (Wildman–Crippen LogP) is 3.11. The summed E-state index contributed by atoms with van der Waals surface area (Å²) < 4.78 is 0. The molecular formula is C20H15NO4. The molecule has 4 rings (SSSR count). The molecule has 1 aliphatic rings. The van der Waals surface area contributed by atoms with Crippen LogP contribution in [0.2, 0.25) is 0 Å². The van der Waals surface area contributed by atoms with Crippen LogP contribution in [0.3, 0.4) is 0 Å². The second kappa shape index (κ2) is 5.70. The number of rotatable bonds is 4. The molecule has 0 saturated carbocycles. The summed E-state index contributed by atoms with van der Waals surface area (Å²) in [4.78, 5) is 40.3. The van der Waals surface area contributed by atoms with Crippen LogP contribution < -0.4 is 0 Å². The quantitative estimate of drug-likeness (QED) is 0.718. The smallest absolute Gasteiger partial charge is 0.308 e. The zero-order valence-corrected chi connectivity index (χ0v) is 13.2. The molecule has 0 unspecified atom stereocenters. The minimum Gasteiger partial charge on any atom is -0.481 e. The highest BCUT2D eigenvalue weighted by molar-refractivity contribution is 6.27. The third-order valence-electron chi connectivity index (χ3n) is 4.86. The van der Waals surface area contributed by atoms with Gasteiger partial charge in [0.25, 0.3) is 0 Å². The Morgan fingerprint density at radius 3 is 2.24 bits per heavy atom. The lowest BCUT2D eigenvalue weighted by molar-refractivity contribution is -0.142. The summed E-state index contributed by atoms with van der Waals surface area (Å²) in [6, 6.07) is 14.1. The van der Waals surface area contributed by atoms with E-state index in [0.717, 1.165) is 16.5 Å². The Kier molecular flexibility index (Phi) is 3.50. The van der Waals surface area contributed by atoms with E-state index in [0.29, 0.717) is 11.1 Å². The van der Waals surface area contributed by atoms with E-state index in [1.165, 1.54) is 0 Å². The summed E-state index contributed by atoms with van der Waals surface area (Å²) >= 11 is 0. The van der Waals surface area contributed by atoms with Crippen molar-refractivity contribution in [3.05, 3.63) is 71.4 Å². The van der Waals surface area contributed by atoms with Crippen LogP contribution in [0, 0.1) is 11.8 Å². The minimum atomic E-state index is -1.16. The number of H-pyrrole nitrogens is 1. The van der Waals surface area contributed by atoms with Gasteiger partial charge >= 0.3 is 5.97 Å². The number of hydrogen-bond acceptors (Lipinski definition) is 3. The van der Waals surface area contributed by atoms with Crippen molar-refractivity contribution in [2.24, 2.45) is 11.8 Å². The molecular weight excluding hydrogens is 318 g/mol. The number of carboxylic acid groups (broad SMARTS) is 1. The van der Waals surface area contributed by atoms with Crippen LogP contribution in [0.4, 0.5) is 0 Å². The highest BCUT2D eigenvalue weighted by Crippen LogP contribution is 2.34. The summed E-state index contributed by atoms with van der Waals surface area (Å²) in [5.41, 5.74) is 2.33. The fourth-order valence-electron chi connectivity index (χ4n) is 3.62. The van der Waals surface area contributed by atoms with E-state index in [2.05, 4.69) is 4.98 Å². The summed E-state index contributed by atoms with van der Waals surface area (Å²) in [6.07, 6.45) is 1.87. The molecule has 0 radical (unpaired) electrons. The largest absolute Gasteiger partial charge is 0.481 e. The number of para-hydroxylation sites is 1. The summed E-state index contributed by atoms with van der Waals surface area (Å²) in [5, 5.41) is 10.6. The van der Waals surface area contributed by atoms with Gasteiger partial charge in [0.05, 0.1) is 11.8 Å². The first kappa shape index (κ1) is 15.3.